The number of hydrogen-bond donors (Lipinski definition) is 1. The fourth-order valence-corrected chi connectivity index (χ4v) is 3.12. The molecule has 2 aliphatic rings. The van der Waals surface area contributed by atoms with E-state index in [1.807, 2.05) is 30.3 Å². The number of nitrogens with one attached hydrogen (secondary N) is 1. The Labute approximate surface area is 137 Å². The lowest BCUT2D eigenvalue weighted by molar-refractivity contribution is -0.117. The van der Waals surface area contributed by atoms with Gasteiger partial charge in [0.2, 0.25) is 0 Å². The molecule has 1 aromatic rings. The van der Waals surface area contributed by atoms with Crippen LogP contribution in [-0.2, 0) is 9.53 Å². The summed E-state index contributed by atoms with van der Waals surface area (Å²) in [4.78, 5) is 12.2. The lowest BCUT2D eigenvalue weighted by atomic mass is 9.98. The van der Waals surface area contributed by atoms with E-state index in [1.165, 1.54) is 32.1 Å². The molecule has 1 aliphatic carbocycles. The second kappa shape index (κ2) is 8.16. The van der Waals surface area contributed by atoms with E-state index in [9.17, 15) is 4.79 Å². The fourth-order valence-electron chi connectivity index (χ4n) is 3.12. The SMILES string of the molecule is O=C(NCCCOC1CCCCC1)C1=Cc2ccccc2OC1. The molecule has 1 N–H and O–H groups in total. The minimum atomic E-state index is -0.0443. The van der Waals surface area contributed by atoms with Gasteiger partial charge in [0.15, 0.2) is 0 Å². The second-order valence-corrected chi connectivity index (χ2v) is 6.24. The average Bonchev–Trinajstić information content (AvgIpc) is 2.61. The number of benzene rings is 1. The van der Waals surface area contributed by atoms with E-state index >= 15 is 0 Å². The van der Waals surface area contributed by atoms with Crippen molar-refractivity contribution in [1.82, 2.24) is 5.32 Å². The third kappa shape index (κ3) is 4.58. The number of hydrogen-bond acceptors (Lipinski definition) is 3. The molecule has 4 heteroatoms. The van der Waals surface area contributed by atoms with Crippen LogP contribution in [0.5, 0.6) is 5.75 Å². The Morgan fingerprint density at radius 3 is 2.91 bits per heavy atom. The van der Waals surface area contributed by atoms with Crippen molar-refractivity contribution in [3.63, 3.8) is 0 Å². The molecule has 1 heterocycles. The minimum absolute atomic E-state index is 0.0443. The van der Waals surface area contributed by atoms with Gasteiger partial charge in [-0.2, -0.15) is 0 Å². The topological polar surface area (TPSA) is 47.6 Å². The monoisotopic (exact) mass is 315 g/mol. The summed E-state index contributed by atoms with van der Waals surface area (Å²) in [6.07, 6.45) is 9.50. The first-order valence-corrected chi connectivity index (χ1v) is 8.65. The van der Waals surface area contributed by atoms with E-state index in [2.05, 4.69) is 5.32 Å². The molecule has 0 unspecified atom stereocenters. The van der Waals surface area contributed by atoms with Crippen LogP contribution >= 0.6 is 0 Å². The Balaban J connectivity index is 1.37. The molecule has 1 fully saturated rings. The first-order chi connectivity index (χ1) is 11.3. The summed E-state index contributed by atoms with van der Waals surface area (Å²) >= 11 is 0. The molecule has 0 bridgehead atoms. The summed E-state index contributed by atoms with van der Waals surface area (Å²) in [5.41, 5.74) is 1.64. The van der Waals surface area contributed by atoms with Gasteiger partial charge in [-0.3, -0.25) is 4.79 Å². The smallest absolute Gasteiger partial charge is 0.250 e. The van der Waals surface area contributed by atoms with Crippen molar-refractivity contribution in [2.45, 2.75) is 44.6 Å². The molecule has 0 atom stereocenters. The van der Waals surface area contributed by atoms with Crippen LogP contribution < -0.4 is 10.1 Å². The van der Waals surface area contributed by atoms with Gasteiger partial charge in [-0.1, -0.05) is 37.5 Å². The van der Waals surface area contributed by atoms with E-state index in [0.717, 1.165) is 24.3 Å². The lowest BCUT2D eigenvalue weighted by Crippen LogP contribution is -2.30. The third-order valence-corrected chi connectivity index (χ3v) is 4.44. The van der Waals surface area contributed by atoms with Crippen molar-refractivity contribution in [3.8, 4) is 5.75 Å². The number of carbonyl (C=O) groups excluding carboxylic acids is 1. The molecule has 0 saturated heterocycles. The van der Waals surface area contributed by atoms with Crippen LogP contribution in [0.4, 0.5) is 0 Å². The largest absolute Gasteiger partial charge is 0.488 e. The molecule has 1 amide bonds. The zero-order chi connectivity index (χ0) is 15.9. The van der Waals surface area contributed by atoms with Crippen LogP contribution in [0.15, 0.2) is 29.8 Å². The Hall–Kier alpha value is -1.81. The molecule has 4 nitrogen and oxygen atoms in total. The van der Waals surface area contributed by atoms with Crippen molar-refractivity contribution in [3.05, 3.63) is 35.4 Å². The maximum absolute atomic E-state index is 12.2. The molecule has 1 saturated carbocycles. The van der Waals surface area contributed by atoms with Gasteiger partial charge < -0.3 is 14.8 Å². The maximum atomic E-state index is 12.2. The van der Waals surface area contributed by atoms with Crippen molar-refractivity contribution in [2.75, 3.05) is 19.8 Å². The highest BCUT2D eigenvalue weighted by atomic mass is 16.5. The highest BCUT2D eigenvalue weighted by Crippen LogP contribution is 2.25. The maximum Gasteiger partial charge on any atom is 0.250 e. The highest BCUT2D eigenvalue weighted by molar-refractivity contribution is 5.99. The van der Waals surface area contributed by atoms with Crippen LogP contribution in [0.2, 0.25) is 0 Å². The van der Waals surface area contributed by atoms with Crippen LogP contribution in [0, 0.1) is 0 Å². The van der Waals surface area contributed by atoms with Gasteiger partial charge in [0.25, 0.3) is 5.91 Å². The van der Waals surface area contributed by atoms with Gasteiger partial charge in [-0.15, -0.1) is 0 Å². The number of fused-ring (bicyclic) bond motifs is 1. The summed E-state index contributed by atoms with van der Waals surface area (Å²) in [6.45, 7) is 1.70. The molecule has 0 aromatic heterocycles. The second-order valence-electron chi connectivity index (χ2n) is 6.24. The zero-order valence-corrected chi connectivity index (χ0v) is 13.6. The first-order valence-electron chi connectivity index (χ1n) is 8.65. The molecule has 0 spiro atoms. The van der Waals surface area contributed by atoms with E-state index in [0.29, 0.717) is 24.8 Å². The Morgan fingerprint density at radius 2 is 2.04 bits per heavy atom. The lowest BCUT2D eigenvalue weighted by Gasteiger charge is -2.22. The predicted molar refractivity (Wildman–Crippen MR) is 90.4 cm³/mol. The molecule has 124 valence electrons. The summed E-state index contributed by atoms with van der Waals surface area (Å²) in [7, 11) is 0. The van der Waals surface area contributed by atoms with Crippen molar-refractivity contribution in [1.29, 1.82) is 0 Å². The van der Waals surface area contributed by atoms with E-state index in [1.54, 1.807) is 0 Å². The van der Waals surface area contributed by atoms with Gasteiger partial charge in [0.1, 0.15) is 12.4 Å². The number of amides is 1. The normalized spacial score (nSPS) is 17.8. The van der Waals surface area contributed by atoms with Crippen LogP contribution in [0.25, 0.3) is 6.08 Å². The number of ether oxygens (including phenoxy) is 2. The van der Waals surface area contributed by atoms with Gasteiger partial charge >= 0.3 is 0 Å². The minimum Gasteiger partial charge on any atom is -0.488 e. The van der Waals surface area contributed by atoms with E-state index in [4.69, 9.17) is 9.47 Å². The van der Waals surface area contributed by atoms with E-state index in [-0.39, 0.29) is 5.91 Å². The average molecular weight is 315 g/mol. The first kappa shape index (κ1) is 16.1. The highest BCUT2D eigenvalue weighted by Gasteiger charge is 2.17. The summed E-state index contributed by atoms with van der Waals surface area (Å²) < 4.78 is 11.5. The molecular weight excluding hydrogens is 290 g/mol. The van der Waals surface area contributed by atoms with Crippen LogP contribution in [0.1, 0.15) is 44.1 Å². The van der Waals surface area contributed by atoms with Crippen LogP contribution in [-0.4, -0.2) is 31.8 Å². The number of carbonyl (C=O) groups is 1. The summed E-state index contributed by atoms with van der Waals surface area (Å²) in [5, 5.41) is 2.95. The molecule has 1 aromatic carbocycles. The van der Waals surface area contributed by atoms with Gasteiger partial charge in [-0.05, 0) is 31.4 Å². The Bertz CT molecular complexity index is 561. The van der Waals surface area contributed by atoms with Gasteiger partial charge in [-0.25, -0.2) is 0 Å². The molecule has 0 radical (unpaired) electrons. The predicted octanol–water partition coefficient (Wildman–Crippen LogP) is 3.32. The molecule has 3 rings (SSSR count). The Kier molecular flexibility index (Phi) is 5.70. The van der Waals surface area contributed by atoms with Crippen LogP contribution in [0.3, 0.4) is 0 Å². The zero-order valence-electron chi connectivity index (χ0n) is 13.6. The van der Waals surface area contributed by atoms with Crippen molar-refractivity contribution in [2.24, 2.45) is 0 Å². The van der Waals surface area contributed by atoms with Gasteiger partial charge in [0, 0.05) is 18.7 Å². The van der Waals surface area contributed by atoms with Crippen molar-refractivity contribution < 1.29 is 14.3 Å². The van der Waals surface area contributed by atoms with Crippen molar-refractivity contribution >= 4 is 12.0 Å². The van der Waals surface area contributed by atoms with E-state index < -0.39 is 0 Å². The number of rotatable bonds is 6. The fraction of sp³-hybridized carbons (Fsp3) is 0.526. The summed E-state index contributed by atoms with van der Waals surface area (Å²) in [6, 6.07) is 7.76. The molecule has 1 aliphatic heterocycles. The Morgan fingerprint density at radius 1 is 1.22 bits per heavy atom. The van der Waals surface area contributed by atoms with Gasteiger partial charge in [0.05, 0.1) is 11.7 Å². The summed E-state index contributed by atoms with van der Waals surface area (Å²) in [5.74, 6) is 0.794. The molecule has 23 heavy (non-hydrogen) atoms. The number of para-hydroxylation sites is 1. The molecular formula is C19H25NO3. The standard InChI is InChI=1S/C19H25NO3/c21-19(16-13-15-7-4-5-10-18(15)23-14-16)20-11-6-12-22-17-8-2-1-3-9-17/h4-5,7,10,13,17H,1-3,6,8-9,11-12,14H2,(H,20,21). The third-order valence-electron chi connectivity index (χ3n) is 4.44. The quantitative estimate of drug-likeness (QED) is 0.819.